The minimum absolute atomic E-state index is 0.0548. The fourth-order valence-electron chi connectivity index (χ4n) is 1.82. The summed E-state index contributed by atoms with van der Waals surface area (Å²) >= 11 is 8.31. The number of thioether (sulfide) groups is 1. The Morgan fingerprint density at radius 3 is 2.88 bits per heavy atom. The highest BCUT2D eigenvalue weighted by Crippen LogP contribution is 2.32. The fraction of sp³-hybridized carbons (Fsp3) is 0.143. The molecule has 2 N–H and O–H groups in total. The van der Waals surface area contributed by atoms with E-state index >= 15 is 0 Å². The molecule has 0 bridgehead atoms. The maximum Gasteiger partial charge on any atom is 0.417 e. The molecular formula is C14H9ClF3N5OS2. The van der Waals surface area contributed by atoms with E-state index in [1.54, 1.807) is 0 Å². The molecule has 0 unspecified atom stereocenters. The number of carbonyl (C=O) groups is 1. The third-order valence-electron chi connectivity index (χ3n) is 2.98. The normalized spacial score (nSPS) is 11.5. The third-order valence-corrected chi connectivity index (χ3v) is 4.99. The first-order valence-corrected chi connectivity index (χ1v) is 9.19. The highest BCUT2D eigenvalue weighted by Gasteiger charge is 2.31. The van der Waals surface area contributed by atoms with Crippen molar-refractivity contribution in [3.05, 3.63) is 40.4 Å². The van der Waals surface area contributed by atoms with Gasteiger partial charge in [0, 0.05) is 6.20 Å². The number of nitrogens with zero attached hydrogens (tertiary/aromatic N) is 3. The number of hydrogen-bond acceptors (Lipinski definition) is 6. The summed E-state index contributed by atoms with van der Waals surface area (Å²) in [5.41, 5.74) is -0.989. The molecule has 0 saturated heterocycles. The quantitative estimate of drug-likeness (QED) is 0.601. The Morgan fingerprint density at radius 2 is 2.23 bits per heavy atom. The Morgan fingerprint density at radius 1 is 1.42 bits per heavy atom. The monoisotopic (exact) mass is 419 g/mol. The Balaban J connectivity index is 1.58. The average Bonchev–Trinajstić information content (AvgIpc) is 3.25. The number of aromatic amines is 1. The molecule has 3 heterocycles. The SMILES string of the molecule is O=C(CSc1n[nH]c(-c2cccs2)n1)Nc1ncc(C(F)(F)F)cc1Cl. The van der Waals surface area contributed by atoms with Gasteiger partial charge in [-0.2, -0.15) is 13.2 Å². The Bertz CT molecular complexity index is 914. The van der Waals surface area contributed by atoms with Gasteiger partial charge in [-0.1, -0.05) is 29.4 Å². The molecule has 0 radical (unpaired) electrons. The van der Waals surface area contributed by atoms with Gasteiger partial charge in [0.25, 0.3) is 0 Å². The second-order valence-electron chi connectivity index (χ2n) is 4.83. The van der Waals surface area contributed by atoms with Gasteiger partial charge in [-0.15, -0.1) is 16.4 Å². The number of rotatable bonds is 5. The van der Waals surface area contributed by atoms with Crippen LogP contribution in [0.5, 0.6) is 0 Å². The number of aromatic nitrogens is 4. The van der Waals surface area contributed by atoms with E-state index in [2.05, 4.69) is 25.5 Å². The lowest BCUT2D eigenvalue weighted by Gasteiger charge is -2.09. The molecule has 3 rings (SSSR count). The maximum absolute atomic E-state index is 12.6. The zero-order valence-electron chi connectivity index (χ0n) is 12.7. The van der Waals surface area contributed by atoms with Crippen molar-refractivity contribution in [1.29, 1.82) is 0 Å². The molecule has 12 heteroatoms. The van der Waals surface area contributed by atoms with E-state index in [0.717, 1.165) is 16.6 Å². The summed E-state index contributed by atoms with van der Waals surface area (Å²) in [6.07, 6.45) is -3.95. The number of carbonyl (C=O) groups excluding carboxylic acids is 1. The summed E-state index contributed by atoms with van der Waals surface area (Å²) in [6.45, 7) is 0. The number of pyridine rings is 1. The number of alkyl halides is 3. The molecule has 0 fully saturated rings. The van der Waals surface area contributed by atoms with Crippen LogP contribution in [-0.4, -0.2) is 31.8 Å². The molecule has 0 atom stereocenters. The molecule has 0 aliphatic carbocycles. The number of amides is 1. The largest absolute Gasteiger partial charge is 0.417 e. The van der Waals surface area contributed by atoms with Gasteiger partial charge >= 0.3 is 6.18 Å². The standard InChI is InChI=1S/C14H9ClF3N5OS2/c15-8-4-7(14(16,17)18)5-19-11(8)20-10(24)6-26-13-21-12(22-23-13)9-2-1-3-25-9/h1-5H,6H2,(H,19,20,24)(H,21,22,23). The number of nitrogens with one attached hydrogen (secondary N) is 2. The number of thiophene rings is 1. The van der Waals surface area contributed by atoms with Gasteiger partial charge in [0.1, 0.15) is 0 Å². The number of hydrogen-bond donors (Lipinski definition) is 2. The lowest BCUT2D eigenvalue weighted by atomic mass is 10.3. The first kappa shape index (κ1) is 18.7. The molecular weight excluding hydrogens is 411 g/mol. The van der Waals surface area contributed by atoms with Gasteiger partial charge in [0.05, 0.1) is 21.2 Å². The van der Waals surface area contributed by atoms with Gasteiger partial charge < -0.3 is 5.32 Å². The Hall–Kier alpha value is -2.11. The van der Waals surface area contributed by atoms with E-state index in [0.29, 0.717) is 23.2 Å². The topological polar surface area (TPSA) is 83.6 Å². The molecule has 1 amide bonds. The van der Waals surface area contributed by atoms with Crippen molar-refractivity contribution in [2.45, 2.75) is 11.3 Å². The molecule has 6 nitrogen and oxygen atoms in total. The molecule has 3 aromatic rings. The van der Waals surface area contributed by atoms with Crippen molar-refractivity contribution in [3.8, 4) is 10.7 Å². The van der Waals surface area contributed by atoms with Crippen LogP contribution in [0.15, 0.2) is 34.9 Å². The number of anilines is 1. The zero-order chi connectivity index (χ0) is 18.7. The first-order valence-electron chi connectivity index (χ1n) is 6.94. The smallest absolute Gasteiger partial charge is 0.309 e. The molecule has 3 aromatic heterocycles. The van der Waals surface area contributed by atoms with Crippen molar-refractivity contribution in [3.63, 3.8) is 0 Å². The van der Waals surface area contributed by atoms with Crippen molar-refractivity contribution in [2.75, 3.05) is 11.1 Å². The van der Waals surface area contributed by atoms with E-state index in [-0.39, 0.29) is 16.6 Å². The molecule has 0 aromatic carbocycles. The second kappa shape index (κ2) is 7.64. The maximum atomic E-state index is 12.6. The molecule has 0 spiro atoms. The summed E-state index contributed by atoms with van der Waals surface area (Å²) in [7, 11) is 0. The van der Waals surface area contributed by atoms with Crippen LogP contribution in [0.3, 0.4) is 0 Å². The van der Waals surface area contributed by atoms with Crippen molar-refractivity contribution >= 4 is 46.4 Å². The van der Waals surface area contributed by atoms with Gasteiger partial charge in [-0.25, -0.2) is 9.97 Å². The summed E-state index contributed by atoms with van der Waals surface area (Å²) in [6, 6.07) is 4.47. The minimum Gasteiger partial charge on any atom is -0.309 e. The van der Waals surface area contributed by atoms with Gasteiger partial charge in [-0.05, 0) is 17.5 Å². The molecule has 0 aliphatic heterocycles. The predicted molar refractivity (Wildman–Crippen MR) is 93.3 cm³/mol. The van der Waals surface area contributed by atoms with Crippen LogP contribution in [0.2, 0.25) is 5.02 Å². The van der Waals surface area contributed by atoms with Gasteiger partial charge in [0.15, 0.2) is 11.6 Å². The Kier molecular flexibility index (Phi) is 5.49. The van der Waals surface area contributed by atoms with Crippen LogP contribution in [0, 0.1) is 0 Å². The van der Waals surface area contributed by atoms with Crippen LogP contribution in [0.25, 0.3) is 10.7 Å². The lowest BCUT2D eigenvalue weighted by molar-refractivity contribution is -0.137. The van der Waals surface area contributed by atoms with Gasteiger partial charge in [-0.3, -0.25) is 9.89 Å². The van der Waals surface area contributed by atoms with E-state index in [1.807, 2.05) is 17.5 Å². The molecule has 0 saturated carbocycles. The summed E-state index contributed by atoms with van der Waals surface area (Å²) in [5, 5.41) is 11.1. The van der Waals surface area contributed by atoms with E-state index < -0.39 is 17.6 Å². The van der Waals surface area contributed by atoms with Crippen molar-refractivity contribution in [1.82, 2.24) is 20.2 Å². The molecule has 26 heavy (non-hydrogen) atoms. The summed E-state index contributed by atoms with van der Waals surface area (Å²) in [5.74, 6) is -0.0951. The van der Waals surface area contributed by atoms with E-state index in [4.69, 9.17) is 11.6 Å². The van der Waals surface area contributed by atoms with E-state index in [1.165, 1.54) is 11.3 Å². The average molecular weight is 420 g/mol. The second-order valence-corrected chi connectivity index (χ2v) is 7.13. The highest BCUT2D eigenvalue weighted by molar-refractivity contribution is 7.99. The minimum atomic E-state index is -4.55. The first-order chi connectivity index (χ1) is 12.3. The summed E-state index contributed by atoms with van der Waals surface area (Å²) < 4.78 is 37.7. The lowest BCUT2D eigenvalue weighted by Crippen LogP contribution is -2.16. The molecule has 0 aliphatic rings. The zero-order valence-corrected chi connectivity index (χ0v) is 15.1. The highest BCUT2D eigenvalue weighted by atomic mass is 35.5. The van der Waals surface area contributed by atoms with Crippen LogP contribution in [-0.2, 0) is 11.0 Å². The van der Waals surface area contributed by atoms with Crippen LogP contribution in [0.1, 0.15) is 5.56 Å². The summed E-state index contributed by atoms with van der Waals surface area (Å²) in [4.78, 5) is 20.6. The Labute approximate surface area is 158 Å². The van der Waals surface area contributed by atoms with Crippen LogP contribution in [0.4, 0.5) is 19.0 Å². The van der Waals surface area contributed by atoms with Crippen LogP contribution < -0.4 is 5.32 Å². The third kappa shape index (κ3) is 4.54. The fourth-order valence-corrected chi connectivity index (χ4v) is 3.29. The van der Waals surface area contributed by atoms with Crippen LogP contribution >= 0.6 is 34.7 Å². The number of H-pyrrole nitrogens is 1. The van der Waals surface area contributed by atoms with Crippen molar-refractivity contribution < 1.29 is 18.0 Å². The van der Waals surface area contributed by atoms with Gasteiger partial charge in [0.2, 0.25) is 11.1 Å². The molecule has 136 valence electrons. The van der Waals surface area contributed by atoms with E-state index in [9.17, 15) is 18.0 Å². The number of halogens is 4. The van der Waals surface area contributed by atoms with Crippen molar-refractivity contribution in [2.24, 2.45) is 0 Å². The predicted octanol–water partition coefficient (Wildman–Crippen LogP) is 4.33.